The minimum absolute atomic E-state index is 0.0276. The molecule has 6 nitrogen and oxygen atoms in total. The molecule has 1 aromatic carbocycles. The molecule has 0 aliphatic heterocycles. The monoisotopic (exact) mass is 370 g/mol. The molecule has 6 heteroatoms. The van der Waals surface area contributed by atoms with Crippen molar-refractivity contribution in [3.63, 3.8) is 0 Å². The lowest BCUT2D eigenvalue weighted by molar-refractivity contribution is -0.146. The number of carboxylic acids is 1. The predicted octanol–water partition coefficient (Wildman–Crippen LogP) is 3.44. The van der Waals surface area contributed by atoms with Gasteiger partial charge in [-0.15, -0.1) is 0 Å². The van der Waals surface area contributed by atoms with Crippen molar-refractivity contribution in [3.05, 3.63) is 35.9 Å². The van der Waals surface area contributed by atoms with E-state index in [1.165, 1.54) is 0 Å². The molecular weight excluding hydrogens is 344 g/mol. The fourth-order valence-electron chi connectivity index (χ4n) is 3.89. The minimum Gasteiger partial charge on any atom is -0.481 e. The molecule has 0 spiro atoms. The molecule has 1 saturated carbocycles. The summed E-state index contributed by atoms with van der Waals surface area (Å²) in [6, 6.07) is 5.33. The van der Waals surface area contributed by atoms with Gasteiger partial charge in [0.15, 0.2) is 0 Å². The Morgan fingerprint density at radius 2 is 1.67 bits per heavy atom. The van der Waals surface area contributed by atoms with Crippen molar-refractivity contribution in [3.8, 4) is 0 Å². The van der Waals surface area contributed by atoms with Crippen LogP contribution in [0.15, 0.2) is 30.4 Å². The zero-order chi connectivity index (χ0) is 19.9. The largest absolute Gasteiger partial charge is 0.481 e. The molecule has 2 bridgehead atoms. The number of nitrogens with one attached hydrogen (secondary N) is 2. The molecule has 2 amide bonds. The molecule has 0 radical (unpaired) electrons. The first-order valence-electron chi connectivity index (χ1n) is 9.22. The number of fused-ring (bicyclic) bond motifs is 2. The molecule has 3 N–H and O–H groups in total. The first kappa shape index (κ1) is 19.1. The van der Waals surface area contributed by atoms with Crippen molar-refractivity contribution in [1.82, 2.24) is 0 Å². The van der Waals surface area contributed by atoms with Crippen LogP contribution in [0, 0.1) is 36.0 Å². The highest BCUT2D eigenvalue weighted by Crippen LogP contribution is 2.48. The van der Waals surface area contributed by atoms with Crippen molar-refractivity contribution in [1.29, 1.82) is 0 Å². The van der Waals surface area contributed by atoms with Crippen LogP contribution in [-0.4, -0.2) is 22.9 Å². The van der Waals surface area contributed by atoms with Crippen LogP contribution in [-0.2, 0) is 14.4 Å². The summed E-state index contributed by atoms with van der Waals surface area (Å²) in [6.45, 7) is 7.34. The van der Waals surface area contributed by atoms with Gasteiger partial charge >= 0.3 is 5.97 Å². The number of hydrogen-bond donors (Lipinski definition) is 3. The fraction of sp³-hybridized carbons (Fsp3) is 0.476. The first-order chi connectivity index (χ1) is 12.6. The van der Waals surface area contributed by atoms with Crippen LogP contribution in [0.4, 0.5) is 11.4 Å². The summed E-state index contributed by atoms with van der Waals surface area (Å²) in [7, 11) is 0. The molecule has 0 aromatic heterocycles. The normalized spacial score (nSPS) is 26.1. The van der Waals surface area contributed by atoms with Crippen molar-refractivity contribution in [2.24, 2.45) is 29.1 Å². The number of amides is 2. The predicted molar refractivity (Wildman–Crippen MR) is 103 cm³/mol. The number of rotatable bonds is 4. The molecule has 4 unspecified atom stereocenters. The van der Waals surface area contributed by atoms with Crippen LogP contribution in [0.1, 0.15) is 32.8 Å². The third-order valence-electron chi connectivity index (χ3n) is 5.48. The molecule has 2 aliphatic rings. The van der Waals surface area contributed by atoms with Gasteiger partial charge in [-0.3, -0.25) is 14.4 Å². The van der Waals surface area contributed by atoms with Crippen LogP contribution in [0.3, 0.4) is 0 Å². The lowest BCUT2D eigenvalue weighted by atomic mass is 9.82. The molecule has 1 fully saturated rings. The Labute approximate surface area is 159 Å². The topological polar surface area (TPSA) is 95.5 Å². The Balaban J connectivity index is 1.78. The number of anilines is 2. The SMILES string of the molecule is Cc1ccc(NC(=O)C(C)(C)C)cc1NC(=O)C1C2C=CC(C2)C1C(=O)O. The average Bonchev–Trinajstić information content (AvgIpc) is 3.18. The van der Waals surface area contributed by atoms with Gasteiger partial charge in [0.05, 0.1) is 11.8 Å². The molecule has 144 valence electrons. The second kappa shape index (κ2) is 6.83. The number of aliphatic carboxylic acids is 1. The smallest absolute Gasteiger partial charge is 0.307 e. The zero-order valence-electron chi connectivity index (χ0n) is 16.1. The minimum atomic E-state index is -0.921. The highest BCUT2D eigenvalue weighted by molar-refractivity contribution is 5.99. The number of hydrogen-bond acceptors (Lipinski definition) is 3. The van der Waals surface area contributed by atoms with E-state index in [1.807, 2.05) is 45.9 Å². The maximum atomic E-state index is 12.9. The molecule has 27 heavy (non-hydrogen) atoms. The van der Waals surface area contributed by atoms with Crippen LogP contribution in [0.2, 0.25) is 0 Å². The van der Waals surface area contributed by atoms with E-state index >= 15 is 0 Å². The average molecular weight is 370 g/mol. The van der Waals surface area contributed by atoms with Crippen LogP contribution < -0.4 is 10.6 Å². The molecule has 4 atom stereocenters. The Kier molecular flexibility index (Phi) is 4.84. The van der Waals surface area contributed by atoms with Crippen LogP contribution in [0.25, 0.3) is 0 Å². The lowest BCUT2D eigenvalue weighted by Crippen LogP contribution is -2.36. The van der Waals surface area contributed by atoms with Crippen molar-refractivity contribution in [2.75, 3.05) is 10.6 Å². The zero-order valence-corrected chi connectivity index (χ0v) is 16.1. The summed E-state index contributed by atoms with van der Waals surface area (Å²) in [5, 5.41) is 15.3. The van der Waals surface area contributed by atoms with Gasteiger partial charge in [0.25, 0.3) is 0 Å². The van der Waals surface area contributed by atoms with Crippen LogP contribution >= 0.6 is 0 Å². The van der Waals surface area contributed by atoms with Gasteiger partial charge in [-0.25, -0.2) is 0 Å². The Bertz CT molecular complexity index is 822. The maximum absolute atomic E-state index is 12.9. The first-order valence-corrected chi connectivity index (χ1v) is 9.22. The van der Waals surface area contributed by atoms with E-state index in [0.29, 0.717) is 11.4 Å². The molecule has 2 aliphatic carbocycles. The molecule has 0 heterocycles. The van der Waals surface area contributed by atoms with Gasteiger partial charge in [-0.1, -0.05) is 39.0 Å². The fourth-order valence-corrected chi connectivity index (χ4v) is 3.89. The highest BCUT2D eigenvalue weighted by atomic mass is 16.4. The van der Waals surface area contributed by atoms with E-state index in [0.717, 1.165) is 12.0 Å². The van der Waals surface area contributed by atoms with Crippen molar-refractivity contribution >= 4 is 29.2 Å². The van der Waals surface area contributed by atoms with E-state index in [4.69, 9.17) is 0 Å². The molecular formula is C21H26N2O4. The summed E-state index contributed by atoms with van der Waals surface area (Å²) in [5.41, 5.74) is 1.50. The number of benzene rings is 1. The Morgan fingerprint density at radius 1 is 1.04 bits per heavy atom. The number of carbonyl (C=O) groups is 3. The molecule has 3 rings (SSSR count). The van der Waals surface area contributed by atoms with Gasteiger partial charge in [-0.05, 0) is 42.9 Å². The number of aryl methyl sites for hydroxylation is 1. The lowest BCUT2D eigenvalue weighted by Gasteiger charge is -2.24. The van der Waals surface area contributed by atoms with E-state index in [9.17, 15) is 19.5 Å². The van der Waals surface area contributed by atoms with Crippen LogP contribution in [0.5, 0.6) is 0 Å². The molecule has 0 saturated heterocycles. The summed E-state index contributed by atoms with van der Waals surface area (Å²) in [6.07, 6.45) is 4.60. The van der Waals surface area contributed by atoms with Gasteiger partial charge in [0.2, 0.25) is 11.8 Å². The second-order valence-electron chi connectivity index (χ2n) is 8.56. The summed E-state index contributed by atoms with van der Waals surface area (Å²) >= 11 is 0. The quantitative estimate of drug-likeness (QED) is 0.708. The van der Waals surface area contributed by atoms with Gasteiger partial charge in [0, 0.05) is 16.8 Å². The highest BCUT2D eigenvalue weighted by Gasteiger charge is 2.51. The standard InChI is InChI=1S/C21H26N2O4/c1-11-5-8-14(22-20(27)21(2,3)4)10-15(11)23-18(24)16-12-6-7-13(9-12)17(16)19(25)26/h5-8,10,12-13,16-17H,9H2,1-4H3,(H,22,27)(H,23,24)(H,25,26). The summed E-state index contributed by atoms with van der Waals surface area (Å²) in [5.74, 6) is -2.65. The van der Waals surface area contributed by atoms with Gasteiger partial charge in [-0.2, -0.15) is 0 Å². The number of carbonyl (C=O) groups excluding carboxylic acids is 2. The third-order valence-corrected chi connectivity index (χ3v) is 5.48. The molecule has 1 aromatic rings. The van der Waals surface area contributed by atoms with E-state index < -0.39 is 23.2 Å². The van der Waals surface area contributed by atoms with Crippen molar-refractivity contribution in [2.45, 2.75) is 34.1 Å². The van der Waals surface area contributed by atoms with E-state index in [2.05, 4.69) is 10.6 Å². The van der Waals surface area contributed by atoms with Gasteiger partial charge < -0.3 is 15.7 Å². The second-order valence-corrected chi connectivity index (χ2v) is 8.56. The van der Waals surface area contributed by atoms with E-state index in [-0.39, 0.29) is 23.7 Å². The summed E-state index contributed by atoms with van der Waals surface area (Å²) in [4.78, 5) is 36.7. The van der Waals surface area contributed by atoms with E-state index in [1.54, 1.807) is 12.1 Å². The number of allylic oxidation sites excluding steroid dienone is 2. The third kappa shape index (κ3) is 3.75. The van der Waals surface area contributed by atoms with Crippen molar-refractivity contribution < 1.29 is 19.5 Å². The number of carboxylic acid groups (broad SMARTS) is 1. The summed E-state index contributed by atoms with van der Waals surface area (Å²) < 4.78 is 0. The Morgan fingerprint density at radius 3 is 2.26 bits per heavy atom. The maximum Gasteiger partial charge on any atom is 0.307 e. The van der Waals surface area contributed by atoms with Gasteiger partial charge in [0.1, 0.15) is 0 Å². The Hall–Kier alpha value is -2.63.